The Morgan fingerprint density at radius 1 is 1.40 bits per heavy atom. The molecule has 20 heavy (non-hydrogen) atoms. The van der Waals surface area contributed by atoms with Gasteiger partial charge in [0.05, 0.1) is 6.10 Å². The highest BCUT2D eigenvalue weighted by molar-refractivity contribution is 7.83. The Hall–Kier alpha value is -1.20. The third-order valence-electron chi connectivity index (χ3n) is 2.80. The van der Waals surface area contributed by atoms with Crippen molar-refractivity contribution in [2.24, 2.45) is 5.92 Å². The highest BCUT2D eigenvalue weighted by Gasteiger charge is 2.11. The molecule has 0 bridgehead atoms. The molecule has 0 aliphatic rings. The fourth-order valence-corrected chi connectivity index (χ4v) is 2.63. The van der Waals surface area contributed by atoms with Crippen LogP contribution in [0, 0.1) is 5.92 Å². The van der Waals surface area contributed by atoms with E-state index in [9.17, 15) is 14.1 Å². The van der Waals surface area contributed by atoms with Gasteiger partial charge in [-0.3, -0.25) is 9.00 Å². The van der Waals surface area contributed by atoms with E-state index in [1.54, 1.807) is 24.5 Å². The molecule has 2 N–H and O–H groups in total. The van der Waals surface area contributed by atoms with Gasteiger partial charge in [0.25, 0.3) is 5.91 Å². The summed E-state index contributed by atoms with van der Waals surface area (Å²) in [6, 6.07) is 7.09. The van der Waals surface area contributed by atoms with Gasteiger partial charge >= 0.3 is 0 Å². The van der Waals surface area contributed by atoms with E-state index in [4.69, 9.17) is 0 Å². The minimum atomic E-state index is -0.928. The zero-order chi connectivity index (χ0) is 15.1. The van der Waals surface area contributed by atoms with Gasteiger partial charge in [0.1, 0.15) is 0 Å². The van der Waals surface area contributed by atoms with Crippen molar-refractivity contribution >= 4 is 16.7 Å². The number of carbonyl (C=O) groups is 1. The average molecular weight is 297 g/mol. The summed E-state index contributed by atoms with van der Waals surface area (Å²) in [6.07, 6.45) is 1.77. The van der Waals surface area contributed by atoms with Crippen LogP contribution in [0.25, 0.3) is 0 Å². The van der Waals surface area contributed by atoms with Gasteiger partial charge in [0.15, 0.2) is 0 Å². The van der Waals surface area contributed by atoms with Gasteiger partial charge in [-0.15, -0.1) is 0 Å². The maximum Gasteiger partial charge on any atom is 0.251 e. The van der Waals surface area contributed by atoms with Gasteiger partial charge in [-0.25, -0.2) is 0 Å². The molecular formula is C15H23NO3S. The van der Waals surface area contributed by atoms with E-state index in [0.717, 1.165) is 5.56 Å². The van der Waals surface area contributed by atoms with Crippen molar-refractivity contribution in [2.45, 2.75) is 32.1 Å². The summed E-state index contributed by atoms with van der Waals surface area (Å²) in [6.45, 7) is 4.31. The van der Waals surface area contributed by atoms with Gasteiger partial charge in [-0.2, -0.15) is 0 Å². The highest BCUT2D eigenvalue weighted by atomic mass is 32.2. The molecule has 112 valence electrons. The average Bonchev–Trinajstić information content (AvgIpc) is 2.34. The van der Waals surface area contributed by atoms with Crippen LogP contribution in [0.4, 0.5) is 0 Å². The van der Waals surface area contributed by atoms with Crippen LogP contribution in [0.5, 0.6) is 0 Å². The molecule has 0 aliphatic heterocycles. The van der Waals surface area contributed by atoms with Gasteiger partial charge in [0, 0.05) is 34.9 Å². The first-order chi connectivity index (χ1) is 9.38. The van der Waals surface area contributed by atoms with Crippen LogP contribution in [-0.2, 0) is 16.6 Å². The van der Waals surface area contributed by atoms with Crippen molar-refractivity contribution in [3.05, 3.63) is 35.4 Å². The van der Waals surface area contributed by atoms with E-state index in [1.807, 2.05) is 19.9 Å². The Bertz CT molecular complexity index is 474. The van der Waals surface area contributed by atoms with Crippen LogP contribution in [-0.4, -0.2) is 34.1 Å². The van der Waals surface area contributed by atoms with Gasteiger partial charge in [-0.05, 0) is 30.0 Å². The van der Waals surface area contributed by atoms with Crippen molar-refractivity contribution in [1.29, 1.82) is 0 Å². The summed E-state index contributed by atoms with van der Waals surface area (Å²) >= 11 is 0. The molecule has 0 fully saturated rings. The lowest BCUT2D eigenvalue weighted by Gasteiger charge is -2.14. The second-order valence-corrected chi connectivity index (χ2v) is 6.85. The molecule has 1 rings (SSSR count). The normalized spacial score (nSPS) is 14.1. The Labute approximate surface area is 123 Å². The fraction of sp³-hybridized carbons (Fsp3) is 0.533. The molecule has 2 atom stereocenters. The lowest BCUT2D eigenvalue weighted by Crippen LogP contribution is -2.32. The van der Waals surface area contributed by atoms with Crippen LogP contribution < -0.4 is 5.32 Å². The Balaban J connectivity index is 2.57. The summed E-state index contributed by atoms with van der Waals surface area (Å²) in [5, 5.41) is 12.5. The number of hydrogen-bond acceptors (Lipinski definition) is 3. The second kappa shape index (κ2) is 8.17. The maximum atomic E-state index is 12.0. The number of nitrogens with one attached hydrogen (secondary N) is 1. The van der Waals surface area contributed by atoms with E-state index in [-0.39, 0.29) is 12.5 Å². The second-order valence-electron chi connectivity index (χ2n) is 5.41. The quantitative estimate of drug-likeness (QED) is 0.805. The van der Waals surface area contributed by atoms with E-state index < -0.39 is 16.9 Å². The van der Waals surface area contributed by atoms with E-state index >= 15 is 0 Å². The van der Waals surface area contributed by atoms with E-state index in [1.165, 1.54) is 0 Å². The predicted octanol–water partition coefficient (Wildman–Crippen LogP) is 1.70. The van der Waals surface area contributed by atoms with E-state index in [0.29, 0.717) is 23.7 Å². The Kier molecular flexibility index (Phi) is 6.88. The smallest absolute Gasteiger partial charge is 0.251 e. The number of amides is 1. The van der Waals surface area contributed by atoms with E-state index in [2.05, 4.69) is 5.32 Å². The zero-order valence-electron chi connectivity index (χ0n) is 12.3. The Morgan fingerprint density at radius 3 is 2.70 bits per heavy atom. The topological polar surface area (TPSA) is 66.4 Å². The first-order valence-corrected chi connectivity index (χ1v) is 8.46. The van der Waals surface area contributed by atoms with Gasteiger partial charge < -0.3 is 10.4 Å². The van der Waals surface area contributed by atoms with Gasteiger partial charge in [0.2, 0.25) is 0 Å². The summed E-state index contributed by atoms with van der Waals surface area (Å²) in [7, 11) is -0.928. The number of hydrogen-bond donors (Lipinski definition) is 2. The number of aliphatic hydroxyl groups excluding tert-OH is 1. The number of benzene rings is 1. The molecule has 1 aromatic carbocycles. The number of carbonyl (C=O) groups excluding carboxylic acids is 1. The zero-order valence-corrected chi connectivity index (χ0v) is 13.1. The molecule has 0 spiro atoms. The predicted molar refractivity (Wildman–Crippen MR) is 82.0 cm³/mol. The molecular weight excluding hydrogens is 274 g/mol. The molecule has 0 aromatic heterocycles. The standard InChI is InChI=1S/C15H23NO3S/c1-11(2)7-14(17)9-16-15(18)13-6-4-5-12(8-13)10-20(3)19/h4-6,8,11,14,17H,7,9-10H2,1-3H3,(H,16,18). The molecule has 1 amide bonds. The fourth-order valence-electron chi connectivity index (χ4n) is 1.98. The van der Waals surface area contributed by atoms with Crippen LogP contribution in [0.15, 0.2) is 24.3 Å². The monoisotopic (exact) mass is 297 g/mol. The first kappa shape index (κ1) is 16.9. The molecule has 0 aliphatic carbocycles. The minimum absolute atomic E-state index is 0.212. The molecule has 0 saturated heterocycles. The third kappa shape index (κ3) is 6.30. The van der Waals surface area contributed by atoms with Crippen molar-refractivity contribution in [3.8, 4) is 0 Å². The molecule has 1 aromatic rings. The molecule has 0 heterocycles. The molecule has 2 unspecified atom stereocenters. The summed E-state index contributed by atoms with van der Waals surface area (Å²) < 4.78 is 11.2. The third-order valence-corrected chi connectivity index (χ3v) is 3.54. The van der Waals surface area contributed by atoms with Crippen LogP contribution in [0.1, 0.15) is 36.2 Å². The molecule has 0 saturated carbocycles. The van der Waals surface area contributed by atoms with Crippen molar-refractivity contribution in [1.82, 2.24) is 5.32 Å². The first-order valence-electron chi connectivity index (χ1n) is 6.73. The summed E-state index contributed by atoms with van der Waals surface area (Å²) in [5.74, 6) is 0.623. The number of rotatable bonds is 7. The minimum Gasteiger partial charge on any atom is -0.391 e. The summed E-state index contributed by atoms with van der Waals surface area (Å²) in [5.41, 5.74) is 1.41. The lowest BCUT2D eigenvalue weighted by molar-refractivity contribution is 0.0900. The molecule has 5 heteroatoms. The van der Waals surface area contributed by atoms with Crippen molar-refractivity contribution in [3.63, 3.8) is 0 Å². The van der Waals surface area contributed by atoms with Crippen LogP contribution in [0.2, 0.25) is 0 Å². The lowest BCUT2D eigenvalue weighted by atomic mass is 10.1. The van der Waals surface area contributed by atoms with Crippen LogP contribution in [0.3, 0.4) is 0 Å². The maximum absolute atomic E-state index is 12.0. The van der Waals surface area contributed by atoms with Crippen molar-refractivity contribution in [2.75, 3.05) is 12.8 Å². The highest BCUT2D eigenvalue weighted by Crippen LogP contribution is 2.08. The van der Waals surface area contributed by atoms with Crippen molar-refractivity contribution < 1.29 is 14.1 Å². The Morgan fingerprint density at radius 2 is 2.10 bits per heavy atom. The van der Waals surface area contributed by atoms with Crippen LogP contribution >= 0.6 is 0 Å². The summed E-state index contributed by atoms with van der Waals surface area (Å²) in [4.78, 5) is 12.0. The SMILES string of the molecule is CC(C)CC(O)CNC(=O)c1cccc(CS(C)=O)c1. The molecule has 0 radical (unpaired) electrons. The largest absolute Gasteiger partial charge is 0.391 e. The molecule has 4 nitrogen and oxygen atoms in total. The van der Waals surface area contributed by atoms with Gasteiger partial charge in [-0.1, -0.05) is 26.0 Å². The number of aliphatic hydroxyl groups is 1.